The molecule has 1 atom stereocenters. The van der Waals surface area contributed by atoms with Gasteiger partial charge < -0.3 is 9.29 Å². The molecule has 1 aromatic rings. The second-order valence-electron chi connectivity index (χ2n) is 3.08. The maximum Gasteiger partial charge on any atom is 0.417 e. The zero-order valence-electron chi connectivity index (χ0n) is 8.58. The van der Waals surface area contributed by atoms with E-state index in [0.717, 1.165) is 12.1 Å². The molecular formula is C9H7F5O3S. The number of halogens is 5. The molecule has 0 aliphatic heterocycles. The standard InChI is InChI=1S/C9H7F5O3S/c10-7(11)4-17-6-3-1-2-5(9(12,13)14)8(6)18(15)16/h1-3,7H,4H2,(H,15,16). The minimum atomic E-state index is -4.88. The Labute approximate surface area is 101 Å². The zero-order valence-corrected chi connectivity index (χ0v) is 9.39. The van der Waals surface area contributed by atoms with E-state index in [1.165, 1.54) is 0 Å². The summed E-state index contributed by atoms with van der Waals surface area (Å²) in [7, 11) is 0. The number of hydrogen-bond donors (Lipinski definition) is 1. The van der Waals surface area contributed by atoms with Crippen LogP contribution in [0.4, 0.5) is 22.0 Å². The Morgan fingerprint density at radius 1 is 1.33 bits per heavy atom. The molecule has 0 fully saturated rings. The first-order valence-corrected chi connectivity index (χ1v) is 5.56. The van der Waals surface area contributed by atoms with Gasteiger partial charge in [-0.15, -0.1) is 0 Å². The van der Waals surface area contributed by atoms with E-state index in [-0.39, 0.29) is 0 Å². The van der Waals surface area contributed by atoms with Crippen LogP contribution in [0, 0.1) is 0 Å². The van der Waals surface area contributed by atoms with Crippen molar-refractivity contribution in [3.8, 4) is 5.75 Å². The van der Waals surface area contributed by atoms with Crippen molar-refractivity contribution in [1.29, 1.82) is 0 Å². The lowest BCUT2D eigenvalue weighted by Gasteiger charge is -2.14. The summed E-state index contributed by atoms with van der Waals surface area (Å²) in [6.07, 6.45) is -7.78. The van der Waals surface area contributed by atoms with Crippen molar-refractivity contribution in [3.05, 3.63) is 23.8 Å². The molecule has 0 aliphatic rings. The average Bonchev–Trinajstić information content (AvgIpc) is 2.24. The van der Waals surface area contributed by atoms with Gasteiger partial charge in [0.25, 0.3) is 6.43 Å². The molecule has 9 heteroatoms. The second-order valence-corrected chi connectivity index (χ2v) is 3.99. The van der Waals surface area contributed by atoms with Crippen LogP contribution in [0.1, 0.15) is 5.56 Å². The van der Waals surface area contributed by atoms with Crippen molar-refractivity contribution in [1.82, 2.24) is 0 Å². The van der Waals surface area contributed by atoms with Crippen LogP contribution in [0.15, 0.2) is 23.1 Å². The molecule has 0 heterocycles. The fourth-order valence-electron chi connectivity index (χ4n) is 1.19. The molecule has 1 N–H and O–H groups in total. The van der Waals surface area contributed by atoms with Gasteiger partial charge in [0.1, 0.15) is 17.3 Å². The monoisotopic (exact) mass is 290 g/mol. The van der Waals surface area contributed by atoms with E-state index in [0.29, 0.717) is 6.07 Å². The van der Waals surface area contributed by atoms with E-state index < -0.39 is 46.5 Å². The predicted molar refractivity (Wildman–Crippen MR) is 52.0 cm³/mol. The summed E-state index contributed by atoms with van der Waals surface area (Å²) in [6, 6.07) is 2.39. The summed E-state index contributed by atoms with van der Waals surface area (Å²) >= 11 is -3.00. The molecule has 0 bridgehead atoms. The third-order valence-corrected chi connectivity index (χ3v) is 2.59. The zero-order chi connectivity index (χ0) is 13.9. The highest BCUT2D eigenvalue weighted by Gasteiger charge is 2.36. The highest BCUT2D eigenvalue weighted by molar-refractivity contribution is 7.79. The Morgan fingerprint density at radius 3 is 2.39 bits per heavy atom. The van der Waals surface area contributed by atoms with Gasteiger partial charge in [0.2, 0.25) is 0 Å². The van der Waals surface area contributed by atoms with Gasteiger partial charge in [-0.1, -0.05) is 6.07 Å². The van der Waals surface area contributed by atoms with Gasteiger partial charge in [0, 0.05) is 0 Å². The quantitative estimate of drug-likeness (QED) is 0.685. The molecule has 1 aromatic carbocycles. The lowest BCUT2D eigenvalue weighted by Crippen LogP contribution is -2.14. The van der Waals surface area contributed by atoms with Crippen LogP contribution in [0.25, 0.3) is 0 Å². The lowest BCUT2D eigenvalue weighted by atomic mass is 10.2. The summed E-state index contributed by atoms with van der Waals surface area (Å²) in [4.78, 5) is -1.06. The summed E-state index contributed by atoms with van der Waals surface area (Å²) in [6.45, 7) is -1.16. The van der Waals surface area contributed by atoms with Gasteiger partial charge in [-0.2, -0.15) is 13.2 Å². The van der Waals surface area contributed by atoms with Crippen LogP contribution < -0.4 is 4.74 Å². The van der Waals surface area contributed by atoms with Crippen molar-refractivity contribution in [2.75, 3.05) is 6.61 Å². The average molecular weight is 290 g/mol. The Hall–Kier alpha value is -1.22. The molecule has 0 saturated carbocycles. The SMILES string of the molecule is O=S(O)c1c(OCC(F)F)cccc1C(F)(F)F. The molecule has 0 aromatic heterocycles. The van der Waals surface area contributed by atoms with Gasteiger partial charge in [0.05, 0.1) is 5.56 Å². The molecule has 0 aliphatic carbocycles. The molecule has 3 nitrogen and oxygen atoms in total. The van der Waals surface area contributed by atoms with Crippen LogP contribution in [-0.4, -0.2) is 21.8 Å². The molecule has 1 rings (SSSR count). The van der Waals surface area contributed by atoms with E-state index in [9.17, 15) is 26.2 Å². The lowest BCUT2D eigenvalue weighted by molar-refractivity contribution is -0.140. The van der Waals surface area contributed by atoms with E-state index in [1.807, 2.05) is 0 Å². The number of ether oxygens (including phenoxy) is 1. The minimum absolute atomic E-state index is 0.568. The number of benzene rings is 1. The van der Waals surface area contributed by atoms with E-state index in [4.69, 9.17) is 4.55 Å². The van der Waals surface area contributed by atoms with E-state index in [2.05, 4.69) is 4.74 Å². The normalized spacial score (nSPS) is 13.7. The molecule has 0 amide bonds. The molecule has 18 heavy (non-hydrogen) atoms. The Morgan fingerprint density at radius 2 is 1.94 bits per heavy atom. The van der Waals surface area contributed by atoms with Crippen LogP contribution in [-0.2, 0) is 17.3 Å². The highest BCUT2D eigenvalue weighted by Crippen LogP contribution is 2.37. The van der Waals surface area contributed by atoms with Gasteiger partial charge in [-0.25, -0.2) is 13.0 Å². The van der Waals surface area contributed by atoms with Crippen molar-refractivity contribution in [3.63, 3.8) is 0 Å². The molecule has 0 saturated heterocycles. The van der Waals surface area contributed by atoms with Crippen LogP contribution in [0.3, 0.4) is 0 Å². The van der Waals surface area contributed by atoms with Crippen molar-refractivity contribution in [2.45, 2.75) is 17.5 Å². The van der Waals surface area contributed by atoms with E-state index in [1.54, 1.807) is 0 Å². The Bertz CT molecular complexity index is 446. The third-order valence-electron chi connectivity index (χ3n) is 1.82. The number of alkyl halides is 5. The van der Waals surface area contributed by atoms with Gasteiger partial charge >= 0.3 is 6.18 Å². The second kappa shape index (κ2) is 5.61. The van der Waals surface area contributed by atoms with Crippen LogP contribution in [0.5, 0.6) is 5.75 Å². The predicted octanol–water partition coefficient (Wildman–Crippen LogP) is 2.93. The van der Waals surface area contributed by atoms with Crippen LogP contribution >= 0.6 is 0 Å². The Balaban J connectivity index is 3.22. The smallest absolute Gasteiger partial charge is 0.417 e. The summed E-state index contributed by atoms with van der Waals surface area (Å²) in [5, 5.41) is 0. The summed E-state index contributed by atoms with van der Waals surface area (Å²) in [5.74, 6) is -0.689. The number of rotatable bonds is 4. The molecule has 102 valence electrons. The van der Waals surface area contributed by atoms with Gasteiger partial charge in [0.15, 0.2) is 11.1 Å². The third kappa shape index (κ3) is 3.64. The first kappa shape index (κ1) is 14.8. The van der Waals surface area contributed by atoms with Gasteiger partial charge in [-0.3, -0.25) is 0 Å². The first-order chi connectivity index (χ1) is 8.23. The summed E-state index contributed by atoms with van der Waals surface area (Å²) < 4.78 is 85.5. The van der Waals surface area contributed by atoms with Gasteiger partial charge in [-0.05, 0) is 12.1 Å². The fourth-order valence-corrected chi connectivity index (χ4v) is 1.86. The fraction of sp³-hybridized carbons (Fsp3) is 0.333. The number of hydrogen-bond acceptors (Lipinski definition) is 2. The molecule has 1 unspecified atom stereocenters. The van der Waals surface area contributed by atoms with Crippen LogP contribution in [0.2, 0.25) is 0 Å². The maximum atomic E-state index is 12.5. The largest absolute Gasteiger partial charge is 0.486 e. The topological polar surface area (TPSA) is 46.5 Å². The molecular weight excluding hydrogens is 283 g/mol. The van der Waals surface area contributed by atoms with Crippen molar-refractivity contribution < 1.29 is 35.5 Å². The van der Waals surface area contributed by atoms with Crippen molar-refractivity contribution in [2.24, 2.45) is 0 Å². The minimum Gasteiger partial charge on any atom is -0.486 e. The first-order valence-electron chi connectivity index (χ1n) is 4.45. The van der Waals surface area contributed by atoms with Crippen molar-refractivity contribution >= 4 is 11.1 Å². The Kier molecular flexibility index (Phi) is 4.63. The maximum absolute atomic E-state index is 12.5. The molecule has 0 radical (unpaired) electrons. The van der Waals surface area contributed by atoms with E-state index >= 15 is 0 Å². The summed E-state index contributed by atoms with van der Waals surface area (Å²) in [5.41, 5.74) is -1.39. The highest BCUT2D eigenvalue weighted by atomic mass is 32.2. The molecule has 0 spiro atoms.